The zero-order valence-corrected chi connectivity index (χ0v) is 14.0. The lowest BCUT2D eigenvalue weighted by Gasteiger charge is -2.43. The summed E-state index contributed by atoms with van der Waals surface area (Å²) < 4.78 is 0. The third kappa shape index (κ3) is 2.03. The highest BCUT2D eigenvalue weighted by atomic mass is 16.2. The Labute approximate surface area is 149 Å². The van der Waals surface area contributed by atoms with Crippen LogP contribution in [0, 0.1) is 0 Å². The summed E-state index contributed by atoms with van der Waals surface area (Å²) in [6, 6.07) is 10.3. The van der Waals surface area contributed by atoms with Gasteiger partial charge in [-0.05, 0) is 31.0 Å². The number of aromatic nitrogens is 1. The normalized spacial score (nSPS) is 28.6. The maximum atomic E-state index is 13.0. The summed E-state index contributed by atoms with van der Waals surface area (Å²) in [6.45, 7) is 0. The van der Waals surface area contributed by atoms with Crippen molar-refractivity contribution in [2.75, 3.05) is 5.32 Å². The smallest absolute Gasteiger partial charge is 0.255 e. The number of fused-ring (bicyclic) bond motifs is 4. The van der Waals surface area contributed by atoms with Gasteiger partial charge in [-0.15, -0.1) is 0 Å². The van der Waals surface area contributed by atoms with Crippen LogP contribution in [0.2, 0.25) is 0 Å². The van der Waals surface area contributed by atoms with Crippen molar-refractivity contribution in [1.29, 1.82) is 0 Å². The highest BCUT2D eigenvalue weighted by Gasteiger charge is 2.59. The van der Waals surface area contributed by atoms with Gasteiger partial charge in [0.15, 0.2) is 0 Å². The topological polar surface area (TPSA) is 94.3 Å². The molecule has 0 aliphatic carbocycles. The molecule has 2 fully saturated rings. The van der Waals surface area contributed by atoms with Crippen LogP contribution in [-0.2, 0) is 0 Å². The van der Waals surface area contributed by atoms with Gasteiger partial charge in [0.05, 0.1) is 17.2 Å². The molecule has 4 heterocycles. The number of rotatable bonds is 1. The Morgan fingerprint density at radius 1 is 1.08 bits per heavy atom. The molecule has 2 aromatic rings. The summed E-state index contributed by atoms with van der Waals surface area (Å²) in [7, 11) is 0. The molecular weight excluding hydrogens is 332 g/mol. The molecule has 2 bridgehead atoms. The van der Waals surface area contributed by atoms with Gasteiger partial charge < -0.3 is 20.5 Å². The second kappa shape index (κ2) is 5.20. The first-order chi connectivity index (χ1) is 12.6. The Morgan fingerprint density at radius 2 is 1.92 bits per heavy atom. The highest BCUT2D eigenvalue weighted by molar-refractivity contribution is 6.02. The van der Waals surface area contributed by atoms with Crippen molar-refractivity contribution in [3.63, 3.8) is 0 Å². The largest absolute Gasteiger partial charge is 0.360 e. The van der Waals surface area contributed by atoms with Crippen molar-refractivity contribution in [3.8, 4) is 0 Å². The van der Waals surface area contributed by atoms with Crippen molar-refractivity contribution >= 4 is 17.5 Å². The van der Waals surface area contributed by atoms with Crippen LogP contribution in [0.25, 0.3) is 0 Å². The quantitative estimate of drug-likeness (QED) is 0.723. The molecule has 3 aliphatic rings. The van der Waals surface area contributed by atoms with Crippen LogP contribution in [-0.4, -0.2) is 39.4 Å². The van der Waals surface area contributed by atoms with E-state index >= 15 is 0 Å². The number of hydrogen-bond donors (Lipinski definition) is 3. The number of pyridine rings is 1. The van der Waals surface area contributed by atoms with E-state index < -0.39 is 5.66 Å². The van der Waals surface area contributed by atoms with Crippen molar-refractivity contribution in [2.24, 2.45) is 0 Å². The molecule has 26 heavy (non-hydrogen) atoms. The number of carbonyl (C=O) groups excluding carboxylic acids is 2. The number of para-hydroxylation sites is 1. The van der Waals surface area contributed by atoms with E-state index in [9.17, 15) is 14.4 Å². The minimum absolute atomic E-state index is 0.0671. The summed E-state index contributed by atoms with van der Waals surface area (Å²) in [6.07, 6.45) is 3.88. The molecule has 3 atom stereocenters. The maximum Gasteiger partial charge on any atom is 0.255 e. The zero-order valence-electron chi connectivity index (χ0n) is 14.0. The first-order valence-electron chi connectivity index (χ1n) is 8.78. The highest BCUT2D eigenvalue weighted by Crippen LogP contribution is 2.46. The molecule has 0 radical (unpaired) electrons. The Hall–Kier alpha value is -3.09. The van der Waals surface area contributed by atoms with Gasteiger partial charge in [0.1, 0.15) is 5.66 Å². The standard InChI is InChI=1S/C19H18N4O3/c24-16-8-5-11(10-20-16)18(26)23-12-6-7-15(23)19(9-12)21-14-4-2-1-3-13(14)17(25)22-19/h1-5,8,10,12,15,21H,6-7,9H2,(H,20,24)(H,22,25)/t12-,15+,19-/m1/s1. The fraction of sp³-hybridized carbons (Fsp3) is 0.316. The summed E-state index contributed by atoms with van der Waals surface area (Å²) in [5.74, 6) is -0.219. The van der Waals surface area contributed by atoms with E-state index in [2.05, 4.69) is 15.6 Å². The molecule has 5 rings (SSSR count). The second-order valence-electron chi connectivity index (χ2n) is 7.20. The lowest BCUT2D eigenvalue weighted by Crippen LogP contribution is -2.64. The summed E-state index contributed by atoms with van der Waals surface area (Å²) >= 11 is 0. The van der Waals surface area contributed by atoms with Crippen LogP contribution in [0.3, 0.4) is 0 Å². The Kier molecular flexibility index (Phi) is 3.04. The van der Waals surface area contributed by atoms with Gasteiger partial charge in [-0.1, -0.05) is 12.1 Å². The molecule has 1 spiro atoms. The Morgan fingerprint density at radius 3 is 2.73 bits per heavy atom. The molecular formula is C19H18N4O3. The van der Waals surface area contributed by atoms with Gasteiger partial charge in [0.2, 0.25) is 5.56 Å². The van der Waals surface area contributed by atoms with E-state index in [0.29, 0.717) is 17.5 Å². The van der Waals surface area contributed by atoms with Gasteiger partial charge in [-0.2, -0.15) is 0 Å². The van der Waals surface area contributed by atoms with E-state index in [1.165, 1.54) is 12.3 Å². The summed E-state index contributed by atoms with van der Waals surface area (Å²) in [4.78, 5) is 41.3. The van der Waals surface area contributed by atoms with Crippen molar-refractivity contribution in [3.05, 3.63) is 64.1 Å². The molecule has 2 amide bonds. The van der Waals surface area contributed by atoms with Gasteiger partial charge in [-0.25, -0.2) is 0 Å². The molecule has 3 N–H and O–H groups in total. The summed E-state index contributed by atoms with van der Waals surface area (Å²) in [5.41, 5.74) is 1.02. The number of hydrogen-bond acceptors (Lipinski definition) is 4. The number of carbonyl (C=O) groups is 2. The third-order valence-electron chi connectivity index (χ3n) is 5.76. The predicted molar refractivity (Wildman–Crippen MR) is 94.9 cm³/mol. The number of aromatic amines is 1. The molecule has 2 saturated heterocycles. The van der Waals surface area contributed by atoms with Crippen molar-refractivity contribution in [1.82, 2.24) is 15.2 Å². The molecule has 7 heteroatoms. The fourth-order valence-electron chi connectivity index (χ4n) is 4.68. The number of anilines is 1. The van der Waals surface area contributed by atoms with Gasteiger partial charge >= 0.3 is 0 Å². The molecule has 7 nitrogen and oxygen atoms in total. The van der Waals surface area contributed by atoms with Crippen LogP contribution in [0.15, 0.2) is 47.4 Å². The van der Waals surface area contributed by atoms with Crippen LogP contribution in [0.5, 0.6) is 0 Å². The Balaban J connectivity index is 1.50. The number of nitrogens with one attached hydrogen (secondary N) is 3. The van der Waals surface area contributed by atoms with Crippen LogP contribution in [0.4, 0.5) is 5.69 Å². The number of benzene rings is 1. The average Bonchev–Trinajstić information content (AvgIpc) is 3.17. The lowest BCUT2D eigenvalue weighted by molar-refractivity contribution is 0.0691. The first-order valence-corrected chi connectivity index (χ1v) is 8.78. The average molecular weight is 350 g/mol. The van der Waals surface area contributed by atoms with E-state index in [4.69, 9.17) is 0 Å². The molecule has 3 aliphatic heterocycles. The van der Waals surface area contributed by atoms with E-state index in [0.717, 1.165) is 18.5 Å². The lowest BCUT2D eigenvalue weighted by atomic mass is 9.86. The summed E-state index contributed by atoms with van der Waals surface area (Å²) in [5, 5.41) is 6.62. The van der Waals surface area contributed by atoms with Crippen LogP contribution >= 0.6 is 0 Å². The minimum atomic E-state index is -0.633. The third-order valence-corrected chi connectivity index (χ3v) is 5.76. The van der Waals surface area contributed by atoms with E-state index in [1.807, 2.05) is 23.1 Å². The molecule has 1 aromatic heterocycles. The van der Waals surface area contributed by atoms with E-state index in [-0.39, 0.29) is 29.5 Å². The van der Waals surface area contributed by atoms with E-state index in [1.54, 1.807) is 12.1 Å². The van der Waals surface area contributed by atoms with Crippen LogP contribution < -0.4 is 16.2 Å². The van der Waals surface area contributed by atoms with Gasteiger partial charge in [0, 0.05) is 30.4 Å². The predicted octanol–water partition coefficient (Wildman–Crippen LogP) is 1.30. The molecule has 0 saturated carbocycles. The van der Waals surface area contributed by atoms with Crippen molar-refractivity contribution in [2.45, 2.75) is 37.0 Å². The number of amides is 2. The second-order valence-corrected chi connectivity index (χ2v) is 7.20. The Bertz CT molecular complexity index is 964. The fourth-order valence-corrected chi connectivity index (χ4v) is 4.68. The molecule has 1 aromatic carbocycles. The van der Waals surface area contributed by atoms with Crippen LogP contribution in [0.1, 0.15) is 40.0 Å². The minimum Gasteiger partial charge on any atom is -0.360 e. The first kappa shape index (κ1) is 15.2. The number of nitrogens with zero attached hydrogens (tertiary/aromatic N) is 1. The molecule has 0 unspecified atom stereocenters. The zero-order chi connectivity index (χ0) is 17.9. The van der Waals surface area contributed by atoms with Gasteiger partial charge in [-0.3, -0.25) is 14.4 Å². The monoisotopic (exact) mass is 350 g/mol. The number of H-pyrrole nitrogens is 1. The molecule has 132 valence electrons. The van der Waals surface area contributed by atoms with Gasteiger partial charge in [0.25, 0.3) is 11.8 Å². The van der Waals surface area contributed by atoms with Crippen molar-refractivity contribution < 1.29 is 9.59 Å². The maximum absolute atomic E-state index is 13.0. The SMILES string of the molecule is O=C1N[C@@]2(C[C@H]3CC[C@@H]2N3C(=O)c2ccc(=O)[nH]c2)Nc2ccccc21.